The number of hydrogen-bond donors (Lipinski definition) is 2. The van der Waals surface area contributed by atoms with Crippen LogP contribution in [0, 0.1) is 12.7 Å². The summed E-state index contributed by atoms with van der Waals surface area (Å²) in [5.74, 6) is -0.591. The van der Waals surface area contributed by atoms with Crippen LogP contribution in [0.3, 0.4) is 0 Å². The molecule has 38 heavy (non-hydrogen) atoms. The molecule has 0 unspecified atom stereocenters. The highest BCUT2D eigenvalue weighted by atomic mass is 79.9. The first-order valence-electron chi connectivity index (χ1n) is 11.6. The van der Waals surface area contributed by atoms with E-state index in [-0.39, 0.29) is 45.4 Å². The lowest BCUT2D eigenvalue weighted by atomic mass is 10.1. The van der Waals surface area contributed by atoms with Gasteiger partial charge in [0.15, 0.2) is 0 Å². The van der Waals surface area contributed by atoms with E-state index in [0.29, 0.717) is 17.3 Å². The topological polar surface area (TPSA) is 124 Å². The molecule has 13 heteroatoms. The van der Waals surface area contributed by atoms with Crippen molar-refractivity contribution in [3.8, 4) is 5.69 Å². The van der Waals surface area contributed by atoms with Crippen molar-refractivity contribution in [3.05, 3.63) is 89.5 Å². The number of halogens is 2. The van der Waals surface area contributed by atoms with E-state index in [9.17, 15) is 27.2 Å². The van der Waals surface area contributed by atoms with Gasteiger partial charge in [-0.25, -0.2) is 17.6 Å². The number of anilines is 3. The molecule has 2 aromatic heterocycles. The lowest BCUT2D eigenvalue weighted by Gasteiger charge is -2.21. The van der Waals surface area contributed by atoms with Crippen molar-refractivity contribution in [2.24, 2.45) is 7.05 Å². The van der Waals surface area contributed by atoms with Gasteiger partial charge >= 0.3 is 5.69 Å². The zero-order valence-corrected chi connectivity index (χ0v) is 23.0. The highest BCUT2D eigenvalue weighted by Crippen LogP contribution is 2.34. The van der Waals surface area contributed by atoms with Gasteiger partial charge in [0.1, 0.15) is 17.0 Å². The number of nitrogens with zero attached hydrogens (tertiary/aromatic N) is 3. The highest BCUT2D eigenvalue weighted by Gasteiger charge is 2.31. The summed E-state index contributed by atoms with van der Waals surface area (Å²) < 4.78 is 44.9. The van der Waals surface area contributed by atoms with Gasteiger partial charge in [0.2, 0.25) is 10.0 Å². The molecule has 4 aromatic rings. The van der Waals surface area contributed by atoms with Gasteiger partial charge in [-0.1, -0.05) is 22.0 Å². The maximum absolute atomic E-state index is 14.8. The Morgan fingerprint density at radius 1 is 1.05 bits per heavy atom. The van der Waals surface area contributed by atoms with Crippen LogP contribution >= 0.6 is 15.9 Å². The Bertz CT molecular complexity index is 1930. The predicted octanol–water partition coefficient (Wildman–Crippen LogP) is 3.51. The summed E-state index contributed by atoms with van der Waals surface area (Å²) >= 11 is 3.21. The van der Waals surface area contributed by atoms with Crippen molar-refractivity contribution >= 4 is 54.0 Å². The second-order valence-corrected chi connectivity index (χ2v) is 11.9. The van der Waals surface area contributed by atoms with E-state index in [1.807, 2.05) is 0 Å². The molecule has 0 atom stereocenters. The zero-order chi connectivity index (χ0) is 27.5. The normalized spacial score (nSPS) is 13.6. The molecule has 0 saturated heterocycles. The van der Waals surface area contributed by atoms with Crippen LogP contribution in [-0.2, 0) is 17.1 Å². The van der Waals surface area contributed by atoms with Crippen LogP contribution in [0.2, 0.25) is 0 Å². The number of fused-ring (bicyclic) bond motifs is 1. The average molecular weight is 604 g/mol. The van der Waals surface area contributed by atoms with Crippen molar-refractivity contribution in [2.45, 2.75) is 25.8 Å². The molecule has 1 saturated carbocycles. The van der Waals surface area contributed by atoms with Gasteiger partial charge in [-0.2, -0.15) is 0 Å². The third-order valence-corrected chi connectivity index (χ3v) is 7.45. The standard InChI is InChI=1S/C25H23BrFN5O5S/c1-13-21-20(22(30(2)23(13)33)28-19-10-7-14(26)11-18(19)27)24(34)32(16-8-9-16)25(35)31(21)17-6-4-5-15(12-17)29-38(3,36)37/h4-7,10-12,16,28-29H,8-9H2,1-3H3. The molecule has 0 amide bonds. The van der Waals surface area contributed by atoms with Crippen LogP contribution in [0.1, 0.15) is 24.4 Å². The summed E-state index contributed by atoms with van der Waals surface area (Å²) in [7, 11) is -2.15. The lowest BCUT2D eigenvalue weighted by molar-refractivity contribution is 0.607. The number of nitrogens with one attached hydrogen (secondary N) is 2. The zero-order valence-electron chi connectivity index (χ0n) is 20.6. The molecular weight excluding hydrogens is 581 g/mol. The maximum atomic E-state index is 14.8. The summed E-state index contributed by atoms with van der Waals surface area (Å²) in [6.07, 6.45) is 2.26. The number of sulfonamides is 1. The number of aromatic nitrogens is 3. The van der Waals surface area contributed by atoms with E-state index in [4.69, 9.17) is 0 Å². The largest absolute Gasteiger partial charge is 0.338 e. The second-order valence-electron chi connectivity index (χ2n) is 9.26. The van der Waals surface area contributed by atoms with Crippen LogP contribution in [0.15, 0.2) is 61.3 Å². The number of pyridine rings is 1. The summed E-state index contributed by atoms with van der Waals surface area (Å²) in [6.45, 7) is 1.50. The lowest BCUT2D eigenvalue weighted by Crippen LogP contribution is -2.41. The van der Waals surface area contributed by atoms with E-state index in [1.165, 1.54) is 47.4 Å². The second kappa shape index (κ2) is 9.24. The van der Waals surface area contributed by atoms with Crippen LogP contribution in [0.5, 0.6) is 0 Å². The summed E-state index contributed by atoms with van der Waals surface area (Å²) in [5, 5.41) is 2.92. The van der Waals surface area contributed by atoms with E-state index in [1.54, 1.807) is 18.2 Å². The molecule has 0 aliphatic heterocycles. The van der Waals surface area contributed by atoms with Gasteiger partial charge in [-0.3, -0.25) is 28.0 Å². The fourth-order valence-corrected chi connectivity index (χ4v) is 5.38. The average Bonchev–Trinajstić information content (AvgIpc) is 3.66. The fraction of sp³-hybridized carbons (Fsp3) is 0.240. The Morgan fingerprint density at radius 2 is 1.76 bits per heavy atom. The van der Waals surface area contributed by atoms with Crippen LogP contribution < -0.4 is 26.8 Å². The Kier molecular flexibility index (Phi) is 6.30. The van der Waals surface area contributed by atoms with Crippen LogP contribution in [0.25, 0.3) is 16.6 Å². The Balaban J connectivity index is 1.90. The molecule has 1 aliphatic rings. The summed E-state index contributed by atoms with van der Waals surface area (Å²) in [5.41, 5.74) is -1.10. The van der Waals surface area contributed by atoms with Crippen LogP contribution in [-0.4, -0.2) is 28.4 Å². The van der Waals surface area contributed by atoms with Gasteiger partial charge in [-0.15, -0.1) is 0 Å². The minimum Gasteiger partial charge on any atom is -0.338 e. The Labute approximate surface area is 224 Å². The number of benzene rings is 2. The monoisotopic (exact) mass is 603 g/mol. The van der Waals surface area contributed by atoms with E-state index < -0.39 is 32.6 Å². The quantitative estimate of drug-likeness (QED) is 0.347. The molecule has 0 bridgehead atoms. The number of rotatable bonds is 6. The number of aryl methyl sites for hydroxylation is 1. The molecule has 0 radical (unpaired) electrons. The molecule has 2 N–H and O–H groups in total. The van der Waals surface area contributed by atoms with Gasteiger partial charge in [-0.05, 0) is 56.2 Å². The predicted molar refractivity (Wildman–Crippen MR) is 148 cm³/mol. The van der Waals surface area contributed by atoms with Crippen molar-refractivity contribution in [2.75, 3.05) is 16.3 Å². The van der Waals surface area contributed by atoms with Crippen molar-refractivity contribution in [1.29, 1.82) is 0 Å². The van der Waals surface area contributed by atoms with E-state index in [0.717, 1.165) is 10.8 Å². The van der Waals surface area contributed by atoms with E-state index >= 15 is 0 Å². The van der Waals surface area contributed by atoms with Gasteiger partial charge in [0.25, 0.3) is 11.1 Å². The molecule has 1 aliphatic carbocycles. The first kappa shape index (κ1) is 25.9. The summed E-state index contributed by atoms with van der Waals surface area (Å²) in [6, 6.07) is 10.1. The molecule has 0 spiro atoms. The minimum absolute atomic E-state index is 0.0235. The molecular formula is C25H23BrFN5O5S. The van der Waals surface area contributed by atoms with Gasteiger partial charge in [0.05, 0.1) is 28.8 Å². The highest BCUT2D eigenvalue weighted by molar-refractivity contribution is 9.10. The minimum atomic E-state index is -3.61. The maximum Gasteiger partial charge on any atom is 0.336 e. The van der Waals surface area contributed by atoms with E-state index in [2.05, 4.69) is 26.0 Å². The SMILES string of the molecule is Cc1c(=O)n(C)c(Nc2ccc(Br)cc2F)c2c(=O)n(C3CC3)c(=O)n(-c3cccc(NS(C)(=O)=O)c3)c12. The summed E-state index contributed by atoms with van der Waals surface area (Å²) in [4.78, 5) is 41.0. The molecule has 1 fully saturated rings. The van der Waals surface area contributed by atoms with Crippen molar-refractivity contribution in [1.82, 2.24) is 13.7 Å². The Morgan fingerprint density at radius 3 is 2.39 bits per heavy atom. The fourth-order valence-electron chi connectivity index (χ4n) is 4.50. The van der Waals surface area contributed by atoms with Gasteiger partial charge in [0, 0.05) is 23.1 Å². The Hall–Kier alpha value is -3.71. The molecule has 5 rings (SSSR count). The van der Waals surface area contributed by atoms with Crippen molar-refractivity contribution < 1.29 is 12.8 Å². The van der Waals surface area contributed by atoms with Crippen LogP contribution in [0.4, 0.5) is 21.6 Å². The molecule has 2 aromatic carbocycles. The first-order valence-corrected chi connectivity index (χ1v) is 14.3. The first-order chi connectivity index (χ1) is 17.9. The molecule has 10 nitrogen and oxygen atoms in total. The third-order valence-electron chi connectivity index (χ3n) is 6.35. The number of hydrogen-bond acceptors (Lipinski definition) is 6. The molecule has 2 heterocycles. The van der Waals surface area contributed by atoms with Gasteiger partial charge < -0.3 is 5.32 Å². The smallest absolute Gasteiger partial charge is 0.336 e. The van der Waals surface area contributed by atoms with Crippen molar-refractivity contribution in [3.63, 3.8) is 0 Å². The molecule has 198 valence electrons. The third kappa shape index (κ3) is 4.56.